The van der Waals surface area contributed by atoms with Gasteiger partial charge in [-0.3, -0.25) is 4.79 Å². The lowest BCUT2D eigenvalue weighted by Gasteiger charge is -2.08. The molecular formula is C14H14FNO3. The van der Waals surface area contributed by atoms with Gasteiger partial charge in [0.2, 0.25) is 0 Å². The first-order valence-corrected chi connectivity index (χ1v) is 5.87. The SMILES string of the molecule is CCc1ccc(C(=O)Nc2ccc(F)cc2OC)o1. The summed E-state index contributed by atoms with van der Waals surface area (Å²) < 4.78 is 23.4. The van der Waals surface area contributed by atoms with E-state index in [9.17, 15) is 9.18 Å². The molecule has 0 aliphatic carbocycles. The number of nitrogens with one attached hydrogen (secondary N) is 1. The van der Waals surface area contributed by atoms with Crippen molar-refractivity contribution in [3.8, 4) is 5.75 Å². The molecule has 0 unspecified atom stereocenters. The summed E-state index contributed by atoms with van der Waals surface area (Å²) in [5.41, 5.74) is 0.392. The first-order valence-electron chi connectivity index (χ1n) is 5.87. The molecule has 0 atom stereocenters. The predicted molar refractivity (Wildman–Crippen MR) is 69.0 cm³/mol. The van der Waals surface area contributed by atoms with E-state index in [0.29, 0.717) is 12.1 Å². The molecule has 0 saturated carbocycles. The van der Waals surface area contributed by atoms with Gasteiger partial charge in [-0.1, -0.05) is 6.92 Å². The second-order valence-electron chi connectivity index (χ2n) is 3.92. The quantitative estimate of drug-likeness (QED) is 0.921. The number of furan rings is 1. The summed E-state index contributed by atoms with van der Waals surface area (Å²) in [7, 11) is 1.41. The third kappa shape index (κ3) is 2.93. The third-order valence-corrected chi connectivity index (χ3v) is 2.65. The zero-order valence-corrected chi connectivity index (χ0v) is 10.7. The summed E-state index contributed by atoms with van der Waals surface area (Å²) in [4.78, 5) is 11.9. The van der Waals surface area contributed by atoms with Crippen molar-refractivity contribution in [1.82, 2.24) is 0 Å². The van der Waals surface area contributed by atoms with E-state index in [1.165, 1.54) is 25.3 Å². The molecular weight excluding hydrogens is 249 g/mol. The largest absolute Gasteiger partial charge is 0.494 e. The van der Waals surface area contributed by atoms with E-state index in [0.717, 1.165) is 5.76 Å². The van der Waals surface area contributed by atoms with Gasteiger partial charge in [0.15, 0.2) is 5.76 Å². The van der Waals surface area contributed by atoms with Crippen molar-refractivity contribution in [2.75, 3.05) is 12.4 Å². The molecule has 0 aliphatic rings. The molecule has 1 N–H and O–H groups in total. The van der Waals surface area contributed by atoms with Gasteiger partial charge in [0.1, 0.15) is 17.3 Å². The van der Waals surface area contributed by atoms with E-state index in [1.807, 2.05) is 6.92 Å². The van der Waals surface area contributed by atoms with Crippen LogP contribution >= 0.6 is 0 Å². The molecule has 0 radical (unpaired) electrons. The Labute approximate surface area is 110 Å². The molecule has 100 valence electrons. The number of rotatable bonds is 4. The summed E-state index contributed by atoms with van der Waals surface area (Å²) in [6, 6.07) is 7.24. The first kappa shape index (κ1) is 13.1. The van der Waals surface area contributed by atoms with Gasteiger partial charge in [-0.2, -0.15) is 0 Å². The van der Waals surface area contributed by atoms with Gasteiger partial charge in [-0.05, 0) is 24.3 Å². The van der Waals surface area contributed by atoms with Crippen LogP contribution in [0.2, 0.25) is 0 Å². The minimum atomic E-state index is -0.430. The number of halogens is 1. The number of amides is 1. The minimum absolute atomic E-state index is 0.211. The number of hydrogen-bond donors (Lipinski definition) is 1. The lowest BCUT2D eigenvalue weighted by molar-refractivity contribution is 0.0994. The molecule has 0 aliphatic heterocycles. The molecule has 1 aromatic heterocycles. The number of carbonyl (C=O) groups is 1. The molecule has 1 aromatic carbocycles. The second-order valence-corrected chi connectivity index (χ2v) is 3.92. The molecule has 2 rings (SSSR count). The van der Waals surface area contributed by atoms with E-state index >= 15 is 0 Å². The fourth-order valence-corrected chi connectivity index (χ4v) is 1.64. The Hall–Kier alpha value is -2.30. The highest BCUT2D eigenvalue weighted by Gasteiger charge is 2.13. The molecule has 0 bridgehead atoms. The highest BCUT2D eigenvalue weighted by molar-refractivity contribution is 6.03. The smallest absolute Gasteiger partial charge is 0.291 e. The summed E-state index contributed by atoms with van der Waals surface area (Å²) >= 11 is 0. The van der Waals surface area contributed by atoms with Gasteiger partial charge in [-0.15, -0.1) is 0 Å². The Morgan fingerprint density at radius 1 is 1.37 bits per heavy atom. The molecule has 1 amide bonds. The van der Waals surface area contributed by atoms with E-state index in [2.05, 4.69) is 5.32 Å². The first-order chi connectivity index (χ1) is 9.13. The second kappa shape index (κ2) is 5.56. The summed E-state index contributed by atoms with van der Waals surface area (Å²) in [6.07, 6.45) is 0.715. The molecule has 0 fully saturated rings. The number of carbonyl (C=O) groups excluding carboxylic acids is 1. The zero-order valence-electron chi connectivity index (χ0n) is 10.7. The molecule has 5 heteroatoms. The Bertz CT molecular complexity index is 592. The average molecular weight is 263 g/mol. The predicted octanol–water partition coefficient (Wildman–Crippen LogP) is 3.24. The maximum atomic E-state index is 13.0. The fraction of sp³-hybridized carbons (Fsp3) is 0.214. The van der Waals surface area contributed by atoms with Crippen molar-refractivity contribution in [2.24, 2.45) is 0 Å². The van der Waals surface area contributed by atoms with E-state index in [1.54, 1.807) is 12.1 Å². The number of anilines is 1. The highest BCUT2D eigenvalue weighted by atomic mass is 19.1. The lowest BCUT2D eigenvalue weighted by atomic mass is 10.2. The van der Waals surface area contributed by atoms with Gasteiger partial charge in [0, 0.05) is 12.5 Å². The van der Waals surface area contributed by atoms with E-state index in [4.69, 9.17) is 9.15 Å². The van der Waals surface area contributed by atoms with Crippen molar-refractivity contribution in [2.45, 2.75) is 13.3 Å². The Balaban J connectivity index is 2.18. The van der Waals surface area contributed by atoms with Crippen LogP contribution in [-0.4, -0.2) is 13.0 Å². The van der Waals surface area contributed by atoms with Crippen LogP contribution in [0, 0.1) is 5.82 Å². The monoisotopic (exact) mass is 263 g/mol. The molecule has 19 heavy (non-hydrogen) atoms. The zero-order chi connectivity index (χ0) is 13.8. The Morgan fingerprint density at radius 3 is 2.79 bits per heavy atom. The van der Waals surface area contributed by atoms with Gasteiger partial charge in [-0.25, -0.2) is 4.39 Å². The van der Waals surface area contributed by atoms with Crippen LogP contribution in [0.3, 0.4) is 0 Å². The standard InChI is InChI=1S/C14H14FNO3/c1-3-10-5-7-12(19-10)14(17)16-11-6-4-9(15)8-13(11)18-2/h4-8H,3H2,1-2H3,(H,16,17). The van der Waals surface area contributed by atoms with E-state index in [-0.39, 0.29) is 11.5 Å². The highest BCUT2D eigenvalue weighted by Crippen LogP contribution is 2.25. The van der Waals surface area contributed by atoms with E-state index < -0.39 is 11.7 Å². The van der Waals surface area contributed by atoms with Crippen LogP contribution in [0.25, 0.3) is 0 Å². The minimum Gasteiger partial charge on any atom is -0.494 e. The summed E-state index contributed by atoms with van der Waals surface area (Å²) in [5.74, 6) is 0.376. The van der Waals surface area contributed by atoms with Crippen LogP contribution in [-0.2, 0) is 6.42 Å². The number of benzene rings is 1. The molecule has 4 nitrogen and oxygen atoms in total. The maximum Gasteiger partial charge on any atom is 0.291 e. The molecule has 1 heterocycles. The third-order valence-electron chi connectivity index (χ3n) is 2.65. The van der Waals surface area contributed by atoms with Crippen LogP contribution in [0.4, 0.5) is 10.1 Å². The van der Waals surface area contributed by atoms with Crippen LogP contribution < -0.4 is 10.1 Å². The molecule has 2 aromatic rings. The summed E-state index contributed by atoms with van der Waals surface area (Å²) in [6.45, 7) is 1.93. The fourth-order valence-electron chi connectivity index (χ4n) is 1.64. The van der Waals surface area contributed by atoms with Gasteiger partial charge >= 0.3 is 0 Å². The topological polar surface area (TPSA) is 51.5 Å². The normalized spacial score (nSPS) is 10.3. The van der Waals surface area contributed by atoms with Crippen LogP contribution in [0.1, 0.15) is 23.2 Å². The molecule has 0 spiro atoms. The van der Waals surface area contributed by atoms with Crippen molar-refractivity contribution in [3.05, 3.63) is 47.7 Å². The lowest BCUT2D eigenvalue weighted by Crippen LogP contribution is -2.11. The Morgan fingerprint density at radius 2 is 2.16 bits per heavy atom. The van der Waals surface area contributed by atoms with Gasteiger partial charge in [0.25, 0.3) is 5.91 Å². The number of methoxy groups -OCH3 is 1. The molecule has 0 saturated heterocycles. The van der Waals surface area contributed by atoms with Crippen LogP contribution in [0.15, 0.2) is 34.7 Å². The number of hydrogen-bond acceptors (Lipinski definition) is 3. The van der Waals surface area contributed by atoms with Crippen molar-refractivity contribution in [1.29, 1.82) is 0 Å². The van der Waals surface area contributed by atoms with Gasteiger partial charge < -0.3 is 14.5 Å². The average Bonchev–Trinajstić information content (AvgIpc) is 2.89. The number of ether oxygens (including phenoxy) is 1. The van der Waals surface area contributed by atoms with Crippen molar-refractivity contribution < 1.29 is 18.3 Å². The van der Waals surface area contributed by atoms with Crippen molar-refractivity contribution >= 4 is 11.6 Å². The summed E-state index contributed by atoms with van der Waals surface area (Å²) in [5, 5.41) is 2.62. The van der Waals surface area contributed by atoms with Crippen molar-refractivity contribution in [3.63, 3.8) is 0 Å². The Kier molecular flexibility index (Phi) is 3.85. The number of aryl methyl sites for hydroxylation is 1. The maximum absolute atomic E-state index is 13.0. The van der Waals surface area contributed by atoms with Gasteiger partial charge in [0.05, 0.1) is 12.8 Å². The van der Waals surface area contributed by atoms with Crippen LogP contribution in [0.5, 0.6) is 5.75 Å².